The molecule has 3 aromatic rings. The summed E-state index contributed by atoms with van der Waals surface area (Å²) in [5, 5.41) is 3.80. The number of benzene rings is 2. The first kappa shape index (κ1) is 18.2. The summed E-state index contributed by atoms with van der Waals surface area (Å²) < 4.78 is 5.10. The zero-order valence-corrected chi connectivity index (χ0v) is 15.4. The number of methoxy groups -OCH3 is 1. The number of H-pyrrole nitrogens is 1. The number of hydrogen-bond acceptors (Lipinski definition) is 4. The summed E-state index contributed by atoms with van der Waals surface area (Å²) in [5.41, 5.74) is 4.13. The van der Waals surface area contributed by atoms with Crippen LogP contribution in [0.3, 0.4) is 0 Å². The van der Waals surface area contributed by atoms with Crippen molar-refractivity contribution in [3.05, 3.63) is 86.3 Å². The second-order valence-electron chi connectivity index (χ2n) is 6.04. The fraction of sp³-hybridized carbons (Fsp3) is 0.200. The molecule has 0 aliphatic rings. The van der Waals surface area contributed by atoms with Crippen molar-refractivity contribution in [1.82, 2.24) is 9.97 Å². The molecule has 0 saturated carbocycles. The summed E-state index contributed by atoms with van der Waals surface area (Å²) in [6, 6.07) is 15.2. The third-order valence-electron chi connectivity index (χ3n) is 4.04. The predicted octanol–water partition coefficient (Wildman–Crippen LogP) is 4.21. The van der Waals surface area contributed by atoms with Gasteiger partial charge in [0.15, 0.2) is 0 Å². The number of nitrogens with zero attached hydrogens (tertiary/aromatic N) is 1. The molecular weight excluding hydrogens is 350 g/mol. The molecule has 3 rings (SSSR count). The Morgan fingerprint density at radius 1 is 1.08 bits per heavy atom. The Morgan fingerprint density at radius 3 is 2.35 bits per heavy atom. The maximum atomic E-state index is 12.5. The third-order valence-corrected chi connectivity index (χ3v) is 4.30. The van der Waals surface area contributed by atoms with Gasteiger partial charge in [0.2, 0.25) is 5.95 Å². The van der Waals surface area contributed by atoms with E-state index in [2.05, 4.69) is 15.3 Å². The Labute approximate surface area is 157 Å². The van der Waals surface area contributed by atoms with Crippen LogP contribution >= 0.6 is 11.6 Å². The average Bonchev–Trinajstić information content (AvgIpc) is 2.62. The highest BCUT2D eigenvalue weighted by Crippen LogP contribution is 2.16. The molecule has 6 heteroatoms. The molecule has 0 atom stereocenters. The van der Waals surface area contributed by atoms with Crippen LogP contribution < -0.4 is 10.9 Å². The Kier molecular flexibility index (Phi) is 5.71. The van der Waals surface area contributed by atoms with E-state index in [0.717, 1.165) is 16.8 Å². The molecule has 26 heavy (non-hydrogen) atoms. The standard InChI is InChI=1S/C20H20ClN3O2/c1-13-18(11-14-3-7-16(21)8-4-14)19(25)24-20(22-13)23-17-9-5-15(6-10-17)12-26-2/h3-10H,11-12H2,1-2H3,(H2,22,23,24,25). The van der Waals surface area contributed by atoms with E-state index in [-0.39, 0.29) is 5.56 Å². The highest BCUT2D eigenvalue weighted by Gasteiger charge is 2.09. The molecule has 0 saturated heterocycles. The van der Waals surface area contributed by atoms with E-state index in [1.807, 2.05) is 55.5 Å². The van der Waals surface area contributed by atoms with Gasteiger partial charge in [0.25, 0.3) is 5.56 Å². The van der Waals surface area contributed by atoms with E-state index >= 15 is 0 Å². The predicted molar refractivity (Wildman–Crippen MR) is 104 cm³/mol. The van der Waals surface area contributed by atoms with Crippen molar-refractivity contribution in [2.45, 2.75) is 20.0 Å². The lowest BCUT2D eigenvalue weighted by Gasteiger charge is -2.10. The van der Waals surface area contributed by atoms with Crippen LogP contribution in [0.15, 0.2) is 53.3 Å². The van der Waals surface area contributed by atoms with Gasteiger partial charge in [-0.15, -0.1) is 0 Å². The molecule has 0 bridgehead atoms. The van der Waals surface area contributed by atoms with E-state index < -0.39 is 0 Å². The smallest absolute Gasteiger partial charge is 0.256 e. The summed E-state index contributed by atoms with van der Waals surface area (Å²) in [4.78, 5) is 19.8. The molecule has 0 amide bonds. The average molecular weight is 370 g/mol. The van der Waals surface area contributed by atoms with Gasteiger partial charge in [0.05, 0.1) is 12.3 Å². The number of aromatic nitrogens is 2. The molecule has 2 N–H and O–H groups in total. The Bertz CT molecular complexity index is 935. The largest absolute Gasteiger partial charge is 0.380 e. The molecule has 134 valence electrons. The second-order valence-corrected chi connectivity index (χ2v) is 6.47. The van der Waals surface area contributed by atoms with E-state index in [1.54, 1.807) is 7.11 Å². The number of halogens is 1. The van der Waals surface area contributed by atoms with Gasteiger partial charge >= 0.3 is 0 Å². The van der Waals surface area contributed by atoms with Crippen molar-refractivity contribution in [1.29, 1.82) is 0 Å². The first-order valence-electron chi connectivity index (χ1n) is 8.24. The van der Waals surface area contributed by atoms with Gasteiger partial charge in [-0.25, -0.2) is 4.98 Å². The van der Waals surface area contributed by atoms with Crippen molar-refractivity contribution < 1.29 is 4.74 Å². The summed E-state index contributed by atoms with van der Waals surface area (Å²) in [6.07, 6.45) is 0.511. The quantitative estimate of drug-likeness (QED) is 0.683. The Balaban J connectivity index is 1.78. The number of hydrogen-bond donors (Lipinski definition) is 2. The van der Waals surface area contributed by atoms with E-state index in [9.17, 15) is 4.79 Å². The fourth-order valence-corrected chi connectivity index (χ4v) is 2.80. The molecule has 0 aliphatic carbocycles. The molecule has 1 aromatic heterocycles. The zero-order valence-electron chi connectivity index (χ0n) is 14.7. The van der Waals surface area contributed by atoms with Gasteiger partial charge in [-0.05, 0) is 42.3 Å². The maximum absolute atomic E-state index is 12.5. The van der Waals surface area contributed by atoms with Crippen molar-refractivity contribution in [2.75, 3.05) is 12.4 Å². The number of ether oxygens (including phenoxy) is 1. The normalized spacial score (nSPS) is 10.7. The molecule has 0 aliphatic heterocycles. The molecule has 0 radical (unpaired) electrons. The van der Waals surface area contributed by atoms with Gasteiger partial charge in [-0.2, -0.15) is 0 Å². The van der Waals surface area contributed by atoms with Gasteiger partial charge < -0.3 is 10.1 Å². The van der Waals surface area contributed by atoms with Crippen LogP contribution in [-0.4, -0.2) is 17.1 Å². The number of rotatable bonds is 6. The molecule has 5 nitrogen and oxygen atoms in total. The van der Waals surface area contributed by atoms with Crippen LogP contribution in [0, 0.1) is 6.92 Å². The monoisotopic (exact) mass is 369 g/mol. The van der Waals surface area contributed by atoms with Gasteiger partial charge in [-0.1, -0.05) is 35.9 Å². The van der Waals surface area contributed by atoms with Crippen molar-refractivity contribution in [3.8, 4) is 0 Å². The Morgan fingerprint density at radius 2 is 1.73 bits per heavy atom. The van der Waals surface area contributed by atoms with E-state index in [4.69, 9.17) is 16.3 Å². The third kappa shape index (κ3) is 4.50. The first-order valence-corrected chi connectivity index (χ1v) is 8.62. The number of anilines is 2. The van der Waals surface area contributed by atoms with Crippen molar-refractivity contribution in [2.24, 2.45) is 0 Å². The van der Waals surface area contributed by atoms with Gasteiger partial charge in [0.1, 0.15) is 0 Å². The highest BCUT2D eigenvalue weighted by molar-refractivity contribution is 6.30. The summed E-state index contributed by atoms with van der Waals surface area (Å²) >= 11 is 5.91. The lowest BCUT2D eigenvalue weighted by molar-refractivity contribution is 0.185. The first-order chi connectivity index (χ1) is 12.5. The fourth-order valence-electron chi connectivity index (χ4n) is 2.67. The zero-order chi connectivity index (χ0) is 18.5. The second kappa shape index (κ2) is 8.17. The van der Waals surface area contributed by atoms with E-state index in [0.29, 0.717) is 35.3 Å². The van der Waals surface area contributed by atoms with Crippen LogP contribution in [0.1, 0.15) is 22.4 Å². The number of aryl methyl sites for hydroxylation is 1. The molecule has 0 unspecified atom stereocenters. The minimum Gasteiger partial charge on any atom is -0.380 e. The SMILES string of the molecule is COCc1ccc(Nc2nc(C)c(Cc3ccc(Cl)cc3)c(=O)[nH]2)cc1. The molecular formula is C20H20ClN3O2. The summed E-state index contributed by atoms with van der Waals surface area (Å²) in [7, 11) is 1.66. The highest BCUT2D eigenvalue weighted by atomic mass is 35.5. The topological polar surface area (TPSA) is 67.0 Å². The van der Waals surface area contributed by atoms with Crippen LogP contribution in [0.2, 0.25) is 5.02 Å². The number of aromatic amines is 1. The van der Waals surface area contributed by atoms with Crippen molar-refractivity contribution >= 4 is 23.2 Å². The van der Waals surface area contributed by atoms with E-state index in [1.165, 1.54) is 0 Å². The minimum absolute atomic E-state index is 0.147. The summed E-state index contributed by atoms with van der Waals surface area (Å²) in [5.74, 6) is 0.423. The van der Waals surface area contributed by atoms with Crippen LogP contribution in [0.5, 0.6) is 0 Å². The lowest BCUT2D eigenvalue weighted by Crippen LogP contribution is -2.18. The molecule has 0 spiro atoms. The van der Waals surface area contributed by atoms with Gasteiger partial charge in [0, 0.05) is 29.8 Å². The lowest BCUT2D eigenvalue weighted by atomic mass is 10.1. The van der Waals surface area contributed by atoms with Gasteiger partial charge in [-0.3, -0.25) is 9.78 Å². The molecule has 0 fully saturated rings. The van der Waals surface area contributed by atoms with Crippen LogP contribution in [-0.2, 0) is 17.8 Å². The maximum Gasteiger partial charge on any atom is 0.256 e. The molecule has 1 heterocycles. The minimum atomic E-state index is -0.147. The summed E-state index contributed by atoms with van der Waals surface area (Å²) in [6.45, 7) is 2.40. The van der Waals surface area contributed by atoms with Crippen LogP contribution in [0.25, 0.3) is 0 Å². The Hall–Kier alpha value is -2.63. The van der Waals surface area contributed by atoms with Crippen LogP contribution in [0.4, 0.5) is 11.6 Å². The van der Waals surface area contributed by atoms with Crippen molar-refractivity contribution in [3.63, 3.8) is 0 Å². The number of nitrogens with one attached hydrogen (secondary N) is 2. The molecule has 2 aromatic carbocycles.